The molecule has 1 aliphatic rings. The Hall–Kier alpha value is -0.870. The van der Waals surface area contributed by atoms with Crippen LogP contribution in [0.5, 0.6) is 0 Å². The Bertz CT molecular complexity index is 331. The van der Waals surface area contributed by atoms with E-state index in [1.165, 1.54) is 0 Å². The normalized spacial score (nSPS) is 17.1. The first-order chi connectivity index (χ1) is 6.79. The molecule has 2 rings (SSSR count). The van der Waals surface area contributed by atoms with Crippen molar-refractivity contribution in [2.45, 2.75) is 12.8 Å². The zero-order chi connectivity index (χ0) is 9.97. The van der Waals surface area contributed by atoms with Crippen molar-refractivity contribution >= 4 is 18.2 Å². The molecule has 1 saturated heterocycles. The Labute approximate surface area is 95.5 Å². The fourth-order valence-electron chi connectivity index (χ4n) is 1.89. The molecule has 1 N–H and O–H groups in total. The Morgan fingerprint density at radius 2 is 2.20 bits per heavy atom. The van der Waals surface area contributed by atoms with E-state index < -0.39 is 0 Å². The van der Waals surface area contributed by atoms with Crippen LogP contribution >= 0.6 is 12.4 Å². The number of carbonyl (C=O) groups is 1. The van der Waals surface area contributed by atoms with Gasteiger partial charge < -0.3 is 9.88 Å². The second-order valence-corrected chi connectivity index (χ2v) is 3.78. The van der Waals surface area contributed by atoms with Gasteiger partial charge in [0.1, 0.15) is 5.69 Å². The number of nitrogens with one attached hydrogen (secondary N) is 1. The molecule has 4 nitrogen and oxygen atoms in total. The minimum atomic E-state index is 0. The number of carbonyl (C=O) groups excluding carboxylic acids is 1. The van der Waals surface area contributed by atoms with Crippen molar-refractivity contribution in [3.8, 4) is 0 Å². The number of hydrogen-bond acceptors (Lipinski definition) is 3. The first-order valence-electron chi connectivity index (χ1n) is 5.00. The van der Waals surface area contributed by atoms with Crippen molar-refractivity contribution < 1.29 is 4.79 Å². The minimum absolute atomic E-state index is 0. The zero-order valence-electron chi connectivity index (χ0n) is 8.77. The summed E-state index contributed by atoms with van der Waals surface area (Å²) in [6.07, 6.45) is 5.23. The van der Waals surface area contributed by atoms with Crippen LogP contribution in [0.15, 0.2) is 12.5 Å². The van der Waals surface area contributed by atoms with Gasteiger partial charge >= 0.3 is 0 Å². The van der Waals surface area contributed by atoms with Crippen LogP contribution in [0, 0.1) is 5.92 Å². The lowest BCUT2D eigenvalue weighted by Crippen LogP contribution is -2.32. The van der Waals surface area contributed by atoms with Gasteiger partial charge in [-0.05, 0) is 25.9 Å². The summed E-state index contributed by atoms with van der Waals surface area (Å²) in [4.78, 5) is 16.0. The molecule has 1 aliphatic heterocycles. The highest BCUT2D eigenvalue weighted by atomic mass is 35.5. The molecule has 84 valence electrons. The summed E-state index contributed by atoms with van der Waals surface area (Å²) in [5.74, 6) is 0.429. The van der Waals surface area contributed by atoms with Crippen LogP contribution in [0.3, 0.4) is 0 Å². The lowest BCUT2D eigenvalue weighted by atomic mass is 9.92. The molecule has 0 spiro atoms. The van der Waals surface area contributed by atoms with E-state index in [0.29, 0.717) is 0 Å². The number of hydrogen-bond donors (Lipinski definition) is 1. The zero-order valence-corrected chi connectivity index (χ0v) is 9.59. The van der Waals surface area contributed by atoms with Crippen molar-refractivity contribution in [1.82, 2.24) is 14.9 Å². The lowest BCUT2D eigenvalue weighted by Gasteiger charge is -2.21. The van der Waals surface area contributed by atoms with Gasteiger partial charge in [0.15, 0.2) is 5.78 Å². The molecule has 1 aromatic heterocycles. The number of aromatic nitrogens is 2. The molecule has 0 aliphatic carbocycles. The van der Waals surface area contributed by atoms with E-state index in [9.17, 15) is 4.79 Å². The summed E-state index contributed by atoms with van der Waals surface area (Å²) in [7, 11) is 1.86. The molecule has 0 radical (unpaired) electrons. The van der Waals surface area contributed by atoms with E-state index in [1.807, 2.05) is 7.05 Å². The van der Waals surface area contributed by atoms with Crippen LogP contribution in [-0.2, 0) is 7.05 Å². The molecule has 0 saturated carbocycles. The van der Waals surface area contributed by atoms with E-state index in [2.05, 4.69) is 10.3 Å². The van der Waals surface area contributed by atoms with Gasteiger partial charge in [-0.25, -0.2) is 4.98 Å². The van der Waals surface area contributed by atoms with E-state index in [0.717, 1.165) is 31.6 Å². The SMILES string of the molecule is Cl.Cn1cncc1C(=O)C1CCNCC1. The monoisotopic (exact) mass is 229 g/mol. The molecule has 0 unspecified atom stereocenters. The third-order valence-electron chi connectivity index (χ3n) is 2.78. The summed E-state index contributed by atoms with van der Waals surface area (Å²) < 4.78 is 1.80. The second kappa shape index (κ2) is 5.28. The molecule has 0 aromatic carbocycles. The third kappa shape index (κ3) is 2.58. The van der Waals surface area contributed by atoms with Gasteiger partial charge in [0, 0.05) is 13.0 Å². The molecule has 5 heteroatoms. The number of aryl methyl sites for hydroxylation is 1. The predicted molar refractivity (Wildman–Crippen MR) is 60.4 cm³/mol. The number of ketones is 1. The van der Waals surface area contributed by atoms with Crippen LogP contribution in [0.4, 0.5) is 0 Å². The van der Waals surface area contributed by atoms with Crippen LogP contribution in [0.25, 0.3) is 0 Å². The highest BCUT2D eigenvalue weighted by molar-refractivity contribution is 5.96. The van der Waals surface area contributed by atoms with Gasteiger partial charge in [0.2, 0.25) is 0 Å². The average molecular weight is 230 g/mol. The first kappa shape index (κ1) is 12.2. The summed E-state index contributed by atoms with van der Waals surface area (Å²) in [5, 5.41) is 3.25. The van der Waals surface area contributed by atoms with E-state index in [-0.39, 0.29) is 24.1 Å². The molecule has 0 bridgehead atoms. The topological polar surface area (TPSA) is 46.9 Å². The molecular weight excluding hydrogens is 214 g/mol. The van der Waals surface area contributed by atoms with Crippen LogP contribution in [-0.4, -0.2) is 28.4 Å². The maximum Gasteiger partial charge on any atom is 0.183 e. The molecule has 15 heavy (non-hydrogen) atoms. The van der Waals surface area contributed by atoms with E-state index >= 15 is 0 Å². The molecule has 2 heterocycles. The fourth-order valence-corrected chi connectivity index (χ4v) is 1.89. The fraction of sp³-hybridized carbons (Fsp3) is 0.600. The van der Waals surface area contributed by atoms with Gasteiger partial charge in [0.05, 0.1) is 12.5 Å². The van der Waals surface area contributed by atoms with E-state index in [4.69, 9.17) is 0 Å². The van der Waals surface area contributed by atoms with Crippen molar-refractivity contribution in [2.75, 3.05) is 13.1 Å². The standard InChI is InChI=1S/C10H15N3O.ClH/c1-13-7-12-6-9(13)10(14)8-2-4-11-5-3-8;/h6-8,11H,2-5H2,1H3;1H. The van der Waals surface area contributed by atoms with Crippen LogP contribution < -0.4 is 5.32 Å². The number of nitrogens with zero attached hydrogens (tertiary/aromatic N) is 2. The molecule has 0 amide bonds. The maximum absolute atomic E-state index is 12.0. The van der Waals surface area contributed by atoms with Crippen molar-refractivity contribution in [3.05, 3.63) is 18.2 Å². The number of halogens is 1. The Morgan fingerprint density at radius 1 is 1.53 bits per heavy atom. The van der Waals surface area contributed by atoms with Gasteiger partial charge in [-0.15, -0.1) is 12.4 Å². The molecular formula is C10H16ClN3O. The average Bonchev–Trinajstić information content (AvgIpc) is 2.65. The minimum Gasteiger partial charge on any atom is -0.331 e. The number of piperidine rings is 1. The summed E-state index contributed by atoms with van der Waals surface area (Å²) in [6, 6.07) is 0. The lowest BCUT2D eigenvalue weighted by molar-refractivity contribution is 0.0886. The summed E-state index contributed by atoms with van der Waals surface area (Å²) >= 11 is 0. The van der Waals surface area contributed by atoms with E-state index in [1.54, 1.807) is 17.1 Å². The van der Waals surface area contributed by atoms with Crippen LogP contribution in [0.2, 0.25) is 0 Å². The maximum atomic E-state index is 12.0. The second-order valence-electron chi connectivity index (χ2n) is 3.78. The summed E-state index contributed by atoms with van der Waals surface area (Å²) in [5.41, 5.74) is 0.733. The Balaban J connectivity index is 0.00000112. The van der Waals surface area contributed by atoms with Gasteiger partial charge in [0.25, 0.3) is 0 Å². The van der Waals surface area contributed by atoms with Crippen LogP contribution in [0.1, 0.15) is 23.3 Å². The highest BCUT2D eigenvalue weighted by Crippen LogP contribution is 2.17. The smallest absolute Gasteiger partial charge is 0.183 e. The highest BCUT2D eigenvalue weighted by Gasteiger charge is 2.23. The third-order valence-corrected chi connectivity index (χ3v) is 2.78. The Morgan fingerprint density at radius 3 is 2.73 bits per heavy atom. The number of imidazole rings is 1. The Kier molecular flexibility index (Phi) is 4.29. The quantitative estimate of drug-likeness (QED) is 0.771. The van der Waals surface area contributed by atoms with Crippen molar-refractivity contribution in [1.29, 1.82) is 0 Å². The van der Waals surface area contributed by atoms with Crippen molar-refractivity contribution in [2.24, 2.45) is 13.0 Å². The summed E-state index contributed by atoms with van der Waals surface area (Å²) in [6.45, 7) is 1.91. The molecule has 1 aromatic rings. The predicted octanol–water partition coefficient (Wildman–Crippen LogP) is 1.02. The molecule has 0 atom stereocenters. The number of Topliss-reactive ketones (excluding diaryl/α,β-unsaturated/α-hetero) is 1. The van der Waals surface area contributed by atoms with Gasteiger partial charge in [-0.3, -0.25) is 4.79 Å². The largest absolute Gasteiger partial charge is 0.331 e. The van der Waals surface area contributed by atoms with Crippen molar-refractivity contribution in [3.63, 3.8) is 0 Å². The first-order valence-corrected chi connectivity index (χ1v) is 5.00. The molecule has 1 fully saturated rings. The number of rotatable bonds is 2. The van der Waals surface area contributed by atoms with Gasteiger partial charge in [-0.1, -0.05) is 0 Å². The van der Waals surface area contributed by atoms with Gasteiger partial charge in [-0.2, -0.15) is 0 Å².